The number of nitrogens with one attached hydrogen (secondary N) is 1. The Morgan fingerprint density at radius 3 is 2.80 bits per heavy atom. The summed E-state index contributed by atoms with van der Waals surface area (Å²) in [4.78, 5) is 24.8. The van der Waals surface area contributed by atoms with Crippen molar-refractivity contribution in [3.63, 3.8) is 0 Å². The second-order valence-corrected chi connectivity index (χ2v) is 5.61. The molecule has 1 saturated heterocycles. The van der Waals surface area contributed by atoms with Gasteiger partial charge in [-0.1, -0.05) is 0 Å². The largest absolute Gasteiger partial charge is 0.383 e. The van der Waals surface area contributed by atoms with E-state index in [0.717, 1.165) is 31.6 Å². The van der Waals surface area contributed by atoms with E-state index in [0.29, 0.717) is 12.2 Å². The lowest BCUT2D eigenvalue weighted by atomic mass is 10.1. The van der Waals surface area contributed by atoms with Crippen LogP contribution in [0.25, 0.3) is 6.08 Å². The number of amides is 1. The molecule has 1 amide bonds. The lowest BCUT2D eigenvalue weighted by molar-refractivity contribution is -0.384. The maximum Gasteiger partial charge on any atom is 0.270 e. The standard InChI is InChI=1S/C17H20N4O4/c1-25-9-6-19-17(22)14(12-18)10-13-11-15(21(23)24)4-5-16(13)20-7-2-3-8-20/h4-5,10-11H,2-3,6-9H2,1H3,(H,19,22)/b14-10+. The summed E-state index contributed by atoms with van der Waals surface area (Å²) in [5.41, 5.74) is 1.11. The van der Waals surface area contributed by atoms with Crippen LogP contribution in [0.1, 0.15) is 18.4 Å². The van der Waals surface area contributed by atoms with Crippen LogP contribution in [0.2, 0.25) is 0 Å². The van der Waals surface area contributed by atoms with Crippen LogP contribution in [-0.4, -0.2) is 44.2 Å². The van der Waals surface area contributed by atoms with Crippen molar-refractivity contribution < 1.29 is 14.5 Å². The Balaban J connectivity index is 2.35. The third-order valence-electron chi connectivity index (χ3n) is 3.93. The van der Waals surface area contributed by atoms with Gasteiger partial charge in [0.15, 0.2) is 0 Å². The van der Waals surface area contributed by atoms with Gasteiger partial charge in [0, 0.05) is 50.1 Å². The highest BCUT2D eigenvalue weighted by Crippen LogP contribution is 2.30. The van der Waals surface area contributed by atoms with Gasteiger partial charge in [-0.3, -0.25) is 14.9 Å². The number of benzene rings is 1. The normalized spacial score (nSPS) is 14.2. The Labute approximate surface area is 145 Å². The van der Waals surface area contributed by atoms with Crippen LogP contribution in [0.15, 0.2) is 23.8 Å². The third-order valence-corrected chi connectivity index (χ3v) is 3.93. The summed E-state index contributed by atoms with van der Waals surface area (Å²) >= 11 is 0. The van der Waals surface area contributed by atoms with Crippen LogP contribution >= 0.6 is 0 Å². The van der Waals surface area contributed by atoms with Gasteiger partial charge < -0.3 is 15.0 Å². The number of carbonyl (C=O) groups is 1. The fourth-order valence-electron chi connectivity index (χ4n) is 2.68. The zero-order valence-electron chi connectivity index (χ0n) is 14.0. The first-order valence-electron chi connectivity index (χ1n) is 7.99. The Hall–Kier alpha value is -2.92. The average molecular weight is 344 g/mol. The second-order valence-electron chi connectivity index (χ2n) is 5.61. The predicted octanol–water partition coefficient (Wildman–Crippen LogP) is 1.86. The molecule has 8 heteroatoms. The zero-order valence-corrected chi connectivity index (χ0v) is 14.0. The van der Waals surface area contributed by atoms with E-state index in [1.54, 1.807) is 6.07 Å². The van der Waals surface area contributed by atoms with Crippen LogP contribution in [0, 0.1) is 21.4 Å². The first-order chi connectivity index (χ1) is 12.1. The number of hydrogen-bond donors (Lipinski definition) is 1. The molecule has 25 heavy (non-hydrogen) atoms. The molecule has 0 aromatic heterocycles. The van der Waals surface area contributed by atoms with E-state index < -0.39 is 10.8 Å². The molecule has 0 unspecified atom stereocenters. The van der Waals surface area contributed by atoms with Crippen molar-refractivity contribution in [1.29, 1.82) is 5.26 Å². The van der Waals surface area contributed by atoms with Crippen LogP contribution in [-0.2, 0) is 9.53 Å². The van der Waals surface area contributed by atoms with Crippen molar-refractivity contribution in [2.75, 3.05) is 38.3 Å². The number of nitriles is 1. The van der Waals surface area contributed by atoms with Gasteiger partial charge in [-0.25, -0.2) is 0 Å². The number of carbonyl (C=O) groups excluding carboxylic acids is 1. The molecule has 0 bridgehead atoms. The number of ether oxygens (including phenoxy) is 1. The maximum absolute atomic E-state index is 12.1. The van der Waals surface area contributed by atoms with E-state index in [1.165, 1.54) is 25.3 Å². The van der Waals surface area contributed by atoms with Gasteiger partial charge in [-0.15, -0.1) is 0 Å². The molecule has 132 valence electrons. The van der Waals surface area contributed by atoms with Gasteiger partial charge in [-0.2, -0.15) is 5.26 Å². The highest BCUT2D eigenvalue weighted by Gasteiger charge is 2.19. The minimum absolute atomic E-state index is 0.0775. The van der Waals surface area contributed by atoms with Gasteiger partial charge in [0.1, 0.15) is 11.6 Å². The van der Waals surface area contributed by atoms with Crippen molar-refractivity contribution in [2.24, 2.45) is 0 Å². The molecule has 1 heterocycles. The molecule has 1 N–H and O–H groups in total. The summed E-state index contributed by atoms with van der Waals surface area (Å²) in [7, 11) is 1.51. The van der Waals surface area contributed by atoms with Crippen molar-refractivity contribution in [2.45, 2.75) is 12.8 Å². The van der Waals surface area contributed by atoms with E-state index in [2.05, 4.69) is 10.2 Å². The number of nitro benzene ring substituents is 1. The molecule has 8 nitrogen and oxygen atoms in total. The number of hydrogen-bond acceptors (Lipinski definition) is 6. The number of non-ortho nitro benzene ring substituents is 1. The first-order valence-corrected chi connectivity index (χ1v) is 7.99. The maximum atomic E-state index is 12.1. The van der Waals surface area contributed by atoms with E-state index in [1.807, 2.05) is 6.07 Å². The summed E-state index contributed by atoms with van der Waals surface area (Å²) < 4.78 is 4.85. The number of anilines is 1. The Morgan fingerprint density at radius 1 is 1.48 bits per heavy atom. The lowest BCUT2D eigenvalue weighted by Gasteiger charge is -2.20. The number of nitrogens with zero attached hydrogens (tertiary/aromatic N) is 3. The molecule has 0 saturated carbocycles. The molecule has 1 aromatic carbocycles. The topological polar surface area (TPSA) is 108 Å². The van der Waals surface area contributed by atoms with Gasteiger partial charge >= 0.3 is 0 Å². The second kappa shape index (κ2) is 8.80. The summed E-state index contributed by atoms with van der Waals surface area (Å²) in [5.74, 6) is -0.529. The molecule has 0 spiro atoms. The van der Waals surface area contributed by atoms with E-state index in [4.69, 9.17) is 4.74 Å². The van der Waals surface area contributed by atoms with E-state index in [9.17, 15) is 20.2 Å². The summed E-state index contributed by atoms with van der Waals surface area (Å²) in [5, 5.41) is 22.9. The van der Waals surface area contributed by atoms with Crippen LogP contribution in [0.3, 0.4) is 0 Å². The number of nitro groups is 1. The van der Waals surface area contributed by atoms with Gasteiger partial charge in [0.2, 0.25) is 0 Å². The van der Waals surface area contributed by atoms with Gasteiger partial charge in [0.25, 0.3) is 11.6 Å². The van der Waals surface area contributed by atoms with Crippen molar-refractivity contribution in [3.05, 3.63) is 39.4 Å². The molecular formula is C17H20N4O4. The fourth-order valence-corrected chi connectivity index (χ4v) is 2.68. The molecule has 1 aliphatic heterocycles. The molecule has 1 fully saturated rings. The van der Waals surface area contributed by atoms with Crippen molar-refractivity contribution in [3.8, 4) is 6.07 Å². The Bertz CT molecular complexity index is 718. The number of rotatable bonds is 7. The van der Waals surface area contributed by atoms with E-state index >= 15 is 0 Å². The molecule has 0 radical (unpaired) electrons. The van der Waals surface area contributed by atoms with Crippen LogP contribution < -0.4 is 10.2 Å². The lowest BCUT2D eigenvalue weighted by Crippen LogP contribution is -2.28. The Morgan fingerprint density at radius 2 is 2.20 bits per heavy atom. The van der Waals surface area contributed by atoms with Gasteiger partial charge in [0.05, 0.1) is 11.5 Å². The number of methoxy groups -OCH3 is 1. The predicted molar refractivity (Wildman–Crippen MR) is 93.0 cm³/mol. The quantitative estimate of drug-likeness (QED) is 0.266. The molecule has 1 aromatic rings. The average Bonchev–Trinajstić information content (AvgIpc) is 3.13. The minimum atomic E-state index is -0.529. The molecule has 2 rings (SSSR count). The summed E-state index contributed by atoms with van der Waals surface area (Å²) in [6.07, 6.45) is 3.49. The molecule has 0 atom stereocenters. The van der Waals surface area contributed by atoms with Crippen LogP contribution in [0.4, 0.5) is 11.4 Å². The smallest absolute Gasteiger partial charge is 0.270 e. The van der Waals surface area contributed by atoms with Crippen molar-refractivity contribution in [1.82, 2.24) is 5.32 Å². The Kier molecular flexibility index (Phi) is 6.48. The zero-order chi connectivity index (χ0) is 18.2. The SMILES string of the molecule is COCCNC(=O)/C(C#N)=C/c1cc([N+](=O)[O-])ccc1N1CCCC1. The summed E-state index contributed by atoms with van der Waals surface area (Å²) in [6.45, 7) is 2.31. The molecular weight excluding hydrogens is 324 g/mol. The molecule has 1 aliphatic rings. The van der Waals surface area contributed by atoms with E-state index in [-0.39, 0.29) is 17.8 Å². The highest BCUT2D eigenvalue weighted by molar-refractivity contribution is 6.02. The van der Waals surface area contributed by atoms with Crippen LogP contribution in [0.5, 0.6) is 0 Å². The summed E-state index contributed by atoms with van der Waals surface area (Å²) in [6, 6.07) is 6.37. The minimum Gasteiger partial charge on any atom is -0.383 e. The monoisotopic (exact) mass is 344 g/mol. The fraction of sp³-hybridized carbons (Fsp3) is 0.412. The first kappa shape index (κ1) is 18.4. The van der Waals surface area contributed by atoms with Gasteiger partial charge in [-0.05, 0) is 25.0 Å². The third kappa shape index (κ3) is 4.78. The van der Waals surface area contributed by atoms with Crippen molar-refractivity contribution >= 4 is 23.4 Å². The highest BCUT2D eigenvalue weighted by atomic mass is 16.6. The molecule has 0 aliphatic carbocycles.